The summed E-state index contributed by atoms with van der Waals surface area (Å²) in [5, 5.41) is 0. The van der Waals surface area contributed by atoms with Gasteiger partial charge in [0.25, 0.3) is 11.8 Å². The maximum atomic E-state index is 12.6. The molecule has 2 aromatic carbocycles. The van der Waals surface area contributed by atoms with Crippen LogP contribution in [0.5, 0.6) is 17.2 Å². The molecule has 176 valence electrons. The van der Waals surface area contributed by atoms with Gasteiger partial charge in [-0.1, -0.05) is 15.9 Å². The molecule has 3 rings (SSSR count). The molecule has 0 atom stereocenters. The van der Waals surface area contributed by atoms with Gasteiger partial charge in [-0.3, -0.25) is 14.5 Å². The molecular weight excluding hydrogens is 494 g/mol. The lowest BCUT2D eigenvalue weighted by atomic mass is 10.1. The number of hydrogen-bond donors (Lipinski definition) is 0. The highest BCUT2D eigenvalue weighted by Gasteiger charge is 2.35. The lowest BCUT2D eigenvalue weighted by Crippen LogP contribution is -2.31. The predicted molar refractivity (Wildman–Crippen MR) is 124 cm³/mol. The van der Waals surface area contributed by atoms with Crippen LogP contribution in [0.15, 0.2) is 34.8 Å². The zero-order valence-electron chi connectivity index (χ0n) is 18.8. The van der Waals surface area contributed by atoms with Crippen molar-refractivity contribution in [2.45, 2.75) is 27.2 Å². The number of ether oxygens (including phenoxy) is 4. The fourth-order valence-electron chi connectivity index (χ4n) is 3.44. The van der Waals surface area contributed by atoms with Gasteiger partial charge < -0.3 is 18.9 Å². The molecule has 0 aromatic heterocycles. The van der Waals surface area contributed by atoms with Crippen molar-refractivity contribution in [1.82, 2.24) is 4.90 Å². The first kappa shape index (κ1) is 24.6. The molecule has 2 amide bonds. The van der Waals surface area contributed by atoms with Crippen LogP contribution in [-0.4, -0.2) is 55.7 Å². The van der Waals surface area contributed by atoms with Crippen LogP contribution in [0, 0.1) is 0 Å². The number of esters is 1. The van der Waals surface area contributed by atoms with E-state index in [0.29, 0.717) is 54.6 Å². The molecule has 2 aromatic rings. The normalized spacial score (nSPS) is 12.5. The highest BCUT2D eigenvalue weighted by molar-refractivity contribution is 9.10. The minimum absolute atomic E-state index is 0.0388. The summed E-state index contributed by atoms with van der Waals surface area (Å²) in [6.07, 6.45) is 0.312. The fourth-order valence-corrected chi connectivity index (χ4v) is 3.80. The summed E-state index contributed by atoms with van der Waals surface area (Å²) >= 11 is 3.31. The molecule has 0 spiro atoms. The van der Waals surface area contributed by atoms with Gasteiger partial charge in [0.1, 0.15) is 0 Å². The summed E-state index contributed by atoms with van der Waals surface area (Å²) in [5.41, 5.74) is 1.00. The van der Waals surface area contributed by atoms with E-state index >= 15 is 0 Å². The Hall–Kier alpha value is -3.07. The number of benzene rings is 2. The second kappa shape index (κ2) is 11.2. The minimum atomic E-state index is -0.564. The van der Waals surface area contributed by atoms with Gasteiger partial charge in [-0.15, -0.1) is 0 Å². The van der Waals surface area contributed by atoms with Gasteiger partial charge in [-0.05, 0) is 57.5 Å². The number of carbonyl (C=O) groups is 3. The third kappa shape index (κ3) is 5.47. The zero-order valence-corrected chi connectivity index (χ0v) is 20.4. The molecule has 0 aliphatic carbocycles. The van der Waals surface area contributed by atoms with Crippen LogP contribution in [0.4, 0.5) is 0 Å². The molecule has 9 heteroatoms. The maximum absolute atomic E-state index is 12.6. The number of carbonyl (C=O) groups excluding carboxylic acids is 3. The molecular formula is C24H26BrNO7. The molecule has 0 N–H and O–H groups in total. The summed E-state index contributed by atoms with van der Waals surface area (Å²) in [6.45, 7) is 6.89. The third-order valence-electron chi connectivity index (χ3n) is 4.84. The van der Waals surface area contributed by atoms with E-state index in [-0.39, 0.29) is 30.5 Å². The number of imide groups is 1. The van der Waals surface area contributed by atoms with E-state index in [1.54, 1.807) is 30.3 Å². The molecule has 0 fully saturated rings. The van der Waals surface area contributed by atoms with Crippen molar-refractivity contribution in [2.75, 3.05) is 33.0 Å². The second-order valence-electron chi connectivity index (χ2n) is 7.04. The first-order valence-electron chi connectivity index (χ1n) is 10.8. The Labute approximate surface area is 200 Å². The standard InChI is InChI=1S/C24H26BrNO7/c1-4-30-19-12-15(13-20(31-5-2)21(19)32-6-3)24(29)33-11-7-10-26-22(27)17-9-8-16(25)14-18(17)23(26)28/h8-9,12-14H,4-7,10-11H2,1-3H3. The number of rotatable bonds is 11. The van der Waals surface area contributed by atoms with E-state index in [1.807, 2.05) is 20.8 Å². The highest BCUT2D eigenvalue weighted by atomic mass is 79.9. The van der Waals surface area contributed by atoms with E-state index in [4.69, 9.17) is 18.9 Å². The second-order valence-corrected chi connectivity index (χ2v) is 7.96. The van der Waals surface area contributed by atoms with Crippen LogP contribution in [0.1, 0.15) is 58.3 Å². The summed E-state index contributed by atoms with van der Waals surface area (Å²) in [6, 6.07) is 8.09. The molecule has 0 unspecified atom stereocenters. The summed E-state index contributed by atoms with van der Waals surface area (Å²) in [7, 11) is 0. The monoisotopic (exact) mass is 519 g/mol. The van der Waals surface area contributed by atoms with Gasteiger partial charge in [0.2, 0.25) is 5.75 Å². The van der Waals surface area contributed by atoms with E-state index < -0.39 is 5.97 Å². The average Bonchev–Trinajstić information content (AvgIpc) is 3.02. The average molecular weight is 520 g/mol. The van der Waals surface area contributed by atoms with E-state index in [9.17, 15) is 14.4 Å². The molecule has 8 nitrogen and oxygen atoms in total. The van der Waals surface area contributed by atoms with Gasteiger partial charge in [-0.2, -0.15) is 0 Å². The van der Waals surface area contributed by atoms with Crippen LogP contribution in [0.25, 0.3) is 0 Å². The Kier molecular flexibility index (Phi) is 8.32. The largest absolute Gasteiger partial charge is 0.490 e. The summed E-state index contributed by atoms with van der Waals surface area (Å²) in [5.74, 6) is -0.0231. The molecule has 0 bridgehead atoms. The SMILES string of the molecule is CCOc1cc(C(=O)OCCCN2C(=O)c3ccc(Br)cc3C2=O)cc(OCC)c1OCC. The van der Waals surface area contributed by atoms with E-state index in [1.165, 1.54) is 4.90 Å². The van der Waals surface area contributed by atoms with Crippen LogP contribution < -0.4 is 14.2 Å². The Morgan fingerprint density at radius 1 is 0.879 bits per heavy atom. The van der Waals surface area contributed by atoms with Crippen LogP contribution in [0.3, 0.4) is 0 Å². The lowest BCUT2D eigenvalue weighted by Gasteiger charge is -2.17. The van der Waals surface area contributed by atoms with Crippen molar-refractivity contribution >= 4 is 33.7 Å². The van der Waals surface area contributed by atoms with E-state index in [2.05, 4.69) is 15.9 Å². The van der Waals surface area contributed by atoms with Gasteiger partial charge >= 0.3 is 5.97 Å². The number of nitrogens with zero attached hydrogens (tertiary/aromatic N) is 1. The van der Waals surface area contributed by atoms with Gasteiger partial charge in [0, 0.05) is 11.0 Å². The molecule has 0 radical (unpaired) electrons. The zero-order chi connectivity index (χ0) is 24.0. The first-order chi connectivity index (χ1) is 15.9. The highest BCUT2D eigenvalue weighted by Crippen LogP contribution is 2.39. The van der Waals surface area contributed by atoms with Gasteiger partial charge in [-0.25, -0.2) is 4.79 Å². The number of amides is 2. The molecule has 1 aliphatic rings. The fraction of sp³-hybridized carbons (Fsp3) is 0.375. The molecule has 0 saturated heterocycles. The summed E-state index contributed by atoms with van der Waals surface area (Å²) < 4.78 is 23.0. The predicted octanol–water partition coefficient (Wildman–Crippen LogP) is 4.49. The topological polar surface area (TPSA) is 91.4 Å². The number of fused-ring (bicyclic) bond motifs is 1. The lowest BCUT2D eigenvalue weighted by molar-refractivity contribution is 0.0481. The summed E-state index contributed by atoms with van der Waals surface area (Å²) in [4.78, 5) is 38.8. The van der Waals surface area contributed by atoms with Crippen molar-refractivity contribution in [1.29, 1.82) is 0 Å². The Morgan fingerprint density at radius 2 is 1.48 bits per heavy atom. The van der Waals surface area contributed by atoms with E-state index in [0.717, 1.165) is 4.47 Å². The maximum Gasteiger partial charge on any atom is 0.338 e. The van der Waals surface area contributed by atoms with Crippen molar-refractivity contribution in [2.24, 2.45) is 0 Å². The smallest absolute Gasteiger partial charge is 0.338 e. The Bertz CT molecular complexity index is 1030. The molecule has 1 heterocycles. The van der Waals surface area contributed by atoms with Crippen LogP contribution >= 0.6 is 15.9 Å². The van der Waals surface area contributed by atoms with Gasteiger partial charge in [0.15, 0.2) is 11.5 Å². The van der Waals surface area contributed by atoms with Crippen LogP contribution in [0.2, 0.25) is 0 Å². The van der Waals surface area contributed by atoms with Crippen molar-refractivity contribution < 1.29 is 33.3 Å². The first-order valence-corrected chi connectivity index (χ1v) is 11.6. The molecule has 33 heavy (non-hydrogen) atoms. The quantitative estimate of drug-likeness (QED) is 0.245. The molecule has 1 aliphatic heterocycles. The third-order valence-corrected chi connectivity index (χ3v) is 5.33. The van der Waals surface area contributed by atoms with Crippen molar-refractivity contribution in [3.05, 3.63) is 51.5 Å². The number of hydrogen-bond acceptors (Lipinski definition) is 7. The Balaban J connectivity index is 1.63. The van der Waals surface area contributed by atoms with Crippen molar-refractivity contribution in [3.63, 3.8) is 0 Å². The van der Waals surface area contributed by atoms with Crippen molar-refractivity contribution in [3.8, 4) is 17.2 Å². The number of halogens is 1. The van der Waals surface area contributed by atoms with Crippen LogP contribution in [-0.2, 0) is 4.74 Å². The molecule has 0 saturated carbocycles. The van der Waals surface area contributed by atoms with Gasteiger partial charge in [0.05, 0.1) is 43.1 Å². The Morgan fingerprint density at radius 3 is 2.09 bits per heavy atom. The minimum Gasteiger partial charge on any atom is -0.490 e.